The summed E-state index contributed by atoms with van der Waals surface area (Å²) in [5, 5.41) is 2.24. The lowest BCUT2D eigenvalue weighted by molar-refractivity contribution is -0.0887. The number of rotatable bonds is 6. The zero-order valence-electron chi connectivity index (χ0n) is 20.8. The number of fused-ring (bicyclic) bond motifs is 6. The van der Waals surface area contributed by atoms with Gasteiger partial charge in [-0.05, 0) is 12.0 Å². The largest absolute Gasteiger partial charge is 0.483 e. The Kier molecular flexibility index (Phi) is 6.15. The van der Waals surface area contributed by atoms with Gasteiger partial charge in [0.2, 0.25) is 5.43 Å². The van der Waals surface area contributed by atoms with Gasteiger partial charge in [0.05, 0.1) is 6.04 Å². The van der Waals surface area contributed by atoms with Crippen molar-refractivity contribution in [2.45, 2.75) is 50.5 Å². The topological polar surface area (TPSA) is 80.6 Å². The van der Waals surface area contributed by atoms with Crippen molar-refractivity contribution in [3.63, 3.8) is 0 Å². The van der Waals surface area contributed by atoms with Crippen molar-refractivity contribution in [2.24, 2.45) is 5.92 Å². The molecule has 0 spiro atoms. The Hall–Kier alpha value is -4.22. The van der Waals surface area contributed by atoms with Gasteiger partial charge in [-0.1, -0.05) is 30.3 Å². The van der Waals surface area contributed by atoms with Crippen LogP contribution in [0.15, 0.2) is 53.5 Å². The Balaban J connectivity index is 1.37. The predicted octanol–water partition coefficient (Wildman–Crippen LogP) is 4.03. The lowest BCUT2D eigenvalue weighted by Crippen LogP contribution is -2.56. The second-order valence-electron chi connectivity index (χ2n) is 10.2. The van der Waals surface area contributed by atoms with E-state index in [1.165, 1.54) is 9.47 Å². The van der Waals surface area contributed by atoms with Crippen molar-refractivity contribution in [3.8, 4) is 5.75 Å². The molecule has 1 aliphatic carbocycles. The van der Waals surface area contributed by atoms with Gasteiger partial charge in [0, 0.05) is 55.4 Å². The molecular weight excluding hydrogens is 537 g/mol. The lowest BCUT2D eigenvalue weighted by atomic mass is 9.92. The van der Waals surface area contributed by atoms with E-state index < -0.39 is 88.5 Å². The number of benzene rings is 2. The van der Waals surface area contributed by atoms with Crippen LogP contribution in [0.2, 0.25) is 0 Å². The fraction of sp³-hybridized carbons (Fsp3) is 0.321. The molecule has 2 fully saturated rings. The van der Waals surface area contributed by atoms with Crippen LogP contribution in [0.1, 0.15) is 44.8 Å². The number of carbonyl (C=O) groups is 2. The summed E-state index contributed by atoms with van der Waals surface area (Å²) in [6.45, 7) is -0.925. The van der Waals surface area contributed by atoms with Crippen LogP contribution in [0.5, 0.6) is 5.75 Å². The lowest BCUT2D eigenvalue weighted by Gasteiger charge is -2.43. The molecule has 3 aliphatic rings. The summed E-state index contributed by atoms with van der Waals surface area (Å²) in [7, 11) is 0. The highest BCUT2D eigenvalue weighted by molar-refractivity contribution is 5.99. The molecule has 2 bridgehead atoms. The maximum Gasteiger partial charge on any atom is 0.275 e. The number of ether oxygens (including phenoxy) is 1. The van der Waals surface area contributed by atoms with Gasteiger partial charge in [-0.3, -0.25) is 14.4 Å². The minimum atomic E-state index is -2.95. The first-order valence-electron chi connectivity index (χ1n) is 12.6. The second-order valence-corrected chi connectivity index (χ2v) is 10.2. The molecule has 3 aromatic rings. The van der Waals surface area contributed by atoms with E-state index in [-0.39, 0.29) is 25.3 Å². The highest BCUT2D eigenvalue weighted by atomic mass is 19.3. The summed E-state index contributed by atoms with van der Waals surface area (Å²) < 4.78 is 77.6. The SMILES string of the molecule is O=C(NCc1c(F)cc(F)cc1F)c1cn2c(c(OCc3ccccc3)c1=O)C(=O)N1[C@@H]3CC([C@@H]1C2)C(F)(F)C3. The molecule has 2 aliphatic heterocycles. The van der Waals surface area contributed by atoms with Gasteiger partial charge >= 0.3 is 0 Å². The number of halogens is 5. The summed E-state index contributed by atoms with van der Waals surface area (Å²) >= 11 is 0. The van der Waals surface area contributed by atoms with Crippen molar-refractivity contribution in [3.05, 3.63) is 98.7 Å². The molecule has 12 heteroatoms. The van der Waals surface area contributed by atoms with Crippen LogP contribution in [0.3, 0.4) is 0 Å². The van der Waals surface area contributed by atoms with Crippen molar-refractivity contribution in [1.82, 2.24) is 14.8 Å². The standard InChI is InChI=1S/C28H22F5N3O4/c29-15-6-20(30)17(21(31)7-15)10-34-26(38)18-11-35-12-22-19-8-16(9-28(19,32)33)36(22)27(39)23(35)25(24(18)37)40-13-14-4-2-1-3-5-14/h1-7,11,16,19,22H,8-10,12-13H2,(H,34,38)/t16-,19?,22+/m1/s1. The number of carbonyl (C=O) groups excluding carboxylic acids is 2. The van der Waals surface area contributed by atoms with E-state index in [4.69, 9.17) is 4.74 Å². The molecule has 3 heterocycles. The Bertz CT molecular complexity index is 1570. The Morgan fingerprint density at radius 1 is 1.07 bits per heavy atom. The van der Waals surface area contributed by atoms with Crippen LogP contribution >= 0.6 is 0 Å². The maximum atomic E-state index is 14.6. The van der Waals surface area contributed by atoms with Gasteiger partial charge in [-0.15, -0.1) is 0 Å². The average Bonchev–Trinajstić information content (AvgIpc) is 3.41. The van der Waals surface area contributed by atoms with Gasteiger partial charge < -0.3 is 19.5 Å². The molecule has 2 aromatic carbocycles. The number of piperidine rings is 1. The summed E-state index contributed by atoms with van der Waals surface area (Å²) in [6, 6.07) is 8.12. The van der Waals surface area contributed by atoms with E-state index in [9.17, 15) is 36.3 Å². The third kappa shape index (κ3) is 4.22. The van der Waals surface area contributed by atoms with Crippen LogP contribution < -0.4 is 15.5 Å². The number of nitrogens with one attached hydrogen (secondary N) is 1. The molecule has 0 radical (unpaired) electrons. The van der Waals surface area contributed by atoms with Crippen LogP contribution in [-0.4, -0.2) is 39.3 Å². The monoisotopic (exact) mass is 559 g/mol. The van der Waals surface area contributed by atoms with Crippen LogP contribution in [-0.2, 0) is 19.7 Å². The molecule has 1 aromatic heterocycles. The minimum absolute atomic E-state index is 0.0959. The highest BCUT2D eigenvalue weighted by Gasteiger charge is 2.63. The first-order valence-corrected chi connectivity index (χ1v) is 12.6. The number of amides is 2. The second kappa shape index (κ2) is 9.46. The van der Waals surface area contributed by atoms with E-state index in [0.29, 0.717) is 17.7 Å². The third-order valence-electron chi connectivity index (χ3n) is 7.85. The predicted molar refractivity (Wildman–Crippen MR) is 130 cm³/mol. The zero-order chi connectivity index (χ0) is 28.3. The molecular formula is C28H22F5N3O4. The minimum Gasteiger partial charge on any atom is -0.483 e. The number of hydrogen-bond donors (Lipinski definition) is 1. The molecule has 6 rings (SSSR count). The molecule has 3 atom stereocenters. The molecule has 1 saturated heterocycles. The number of alkyl halides is 2. The first-order chi connectivity index (χ1) is 19.0. The van der Waals surface area contributed by atoms with E-state index in [1.54, 1.807) is 30.3 Å². The summed E-state index contributed by atoms with van der Waals surface area (Å²) in [4.78, 5) is 41.6. The van der Waals surface area contributed by atoms with Crippen LogP contribution in [0.4, 0.5) is 22.0 Å². The summed E-state index contributed by atoms with van der Waals surface area (Å²) in [6.07, 6.45) is 0.755. The molecule has 2 amide bonds. The Labute approximate surface area is 224 Å². The first kappa shape index (κ1) is 26.0. The molecule has 7 nitrogen and oxygen atoms in total. The van der Waals surface area contributed by atoms with E-state index >= 15 is 0 Å². The average molecular weight is 559 g/mol. The van der Waals surface area contributed by atoms with Crippen molar-refractivity contribution in [2.75, 3.05) is 0 Å². The zero-order valence-corrected chi connectivity index (χ0v) is 20.8. The number of nitrogens with zero attached hydrogens (tertiary/aromatic N) is 2. The van der Waals surface area contributed by atoms with E-state index in [2.05, 4.69) is 5.32 Å². The van der Waals surface area contributed by atoms with Crippen molar-refractivity contribution < 1.29 is 36.3 Å². The van der Waals surface area contributed by atoms with Gasteiger partial charge in [0.25, 0.3) is 17.7 Å². The summed E-state index contributed by atoms with van der Waals surface area (Å²) in [5.41, 5.74) is -1.56. The van der Waals surface area contributed by atoms with Gasteiger partial charge in [-0.25, -0.2) is 22.0 Å². The number of hydrogen-bond acceptors (Lipinski definition) is 4. The number of pyridine rings is 1. The van der Waals surface area contributed by atoms with E-state index in [0.717, 1.165) is 6.20 Å². The fourth-order valence-corrected chi connectivity index (χ4v) is 6.02. The summed E-state index contributed by atoms with van der Waals surface area (Å²) in [5.74, 6) is -9.70. The highest BCUT2D eigenvalue weighted by Crippen LogP contribution is 2.53. The molecule has 1 saturated carbocycles. The molecule has 208 valence electrons. The van der Waals surface area contributed by atoms with Gasteiger partial charge in [0.1, 0.15) is 29.6 Å². The quantitative estimate of drug-likeness (QED) is 0.463. The Morgan fingerprint density at radius 2 is 1.77 bits per heavy atom. The molecule has 1 unspecified atom stereocenters. The smallest absolute Gasteiger partial charge is 0.275 e. The molecule has 1 N–H and O–H groups in total. The van der Waals surface area contributed by atoms with E-state index in [1.807, 2.05) is 0 Å². The normalized spacial score (nSPS) is 22.2. The molecule has 40 heavy (non-hydrogen) atoms. The maximum absolute atomic E-state index is 14.6. The Morgan fingerprint density at radius 3 is 2.48 bits per heavy atom. The number of aromatic nitrogens is 1. The van der Waals surface area contributed by atoms with Crippen molar-refractivity contribution >= 4 is 11.8 Å². The van der Waals surface area contributed by atoms with Crippen LogP contribution in [0, 0.1) is 23.4 Å². The van der Waals surface area contributed by atoms with Gasteiger partial charge in [0.15, 0.2) is 11.4 Å². The fourth-order valence-electron chi connectivity index (χ4n) is 6.02. The van der Waals surface area contributed by atoms with Crippen LogP contribution in [0.25, 0.3) is 0 Å². The van der Waals surface area contributed by atoms with Crippen molar-refractivity contribution in [1.29, 1.82) is 0 Å². The third-order valence-corrected chi connectivity index (χ3v) is 7.85. The van der Waals surface area contributed by atoms with Gasteiger partial charge in [-0.2, -0.15) is 0 Å².